The summed E-state index contributed by atoms with van der Waals surface area (Å²) in [6.07, 6.45) is 3.01. The number of hydrogen-bond donors (Lipinski definition) is 0. The molecule has 1 amide bonds. The van der Waals surface area contributed by atoms with Crippen LogP contribution in [0.25, 0.3) is 0 Å². The molecule has 1 saturated heterocycles. The Morgan fingerprint density at radius 1 is 1.50 bits per heavy atom. The molecule has 1 aliphatic heterocycles. The molecule has 20 heavy (non-hydrogen) atoms. The minimum Gasteiger partial charge on any atom is -0.466 e. The van der Waals surface area contributed by atoms with Crippen molar-refractivity contribution in [3.63, 3.8) is 0 Å². The summed E-state index contributed by atoms with van der Waals surface area (Å²) < 4.78 is 5.05. The summed E-state index contributed by atoms with van der Waals surface area (Å²) in [7, 11) is 0. The molecule has 5 heteroatoms. The second-order valence-corrected chi connectivity index (χ2v) is 5.84. The minimum atomic E-state index is -0.164. The molecular weight excluding hydrogens is 274 g/mol. The van der Waals surface area contributed by atoms with Crippen LogP contribution in [-0.4, -0.2) is 36.5 Å². The van der Waals surface area contributed by atoms with Gasteiger partial charge in [-0.3, -0.25) is 9.59 Å². The Kier molecular flexibility index (Phi) is 5.59. The van der Waals surface area contributed by atoms with E-state index in [9.17, 15) is 9.59 Å². The largest absolute Gasteiger partial charge is 0.466 e. The molecule has 1 aromatic rings. The van der Waals surface area contributed by atoms with Crippen molar-refractivity contribution in [3.05, 3.63) is 22.4 Å². The van der Waals surface area contributed by atoms with E-state index in [1.807, 2.05) is 17.2 Å². The van der Waals surface area contributed by atoms with Gasteiger partial charge in [0.15, 0.2) is 0 Å². The maximum Gasteiger partial charge on any atom is 0.310 e. The van der Waals surface area contributed by atoms with Gasteiger partial charge in [-0.1, -0.05) is 0 Å². The van der Waals surface area contributed by atoms with Gasteiger partial charge in [-0.05, 0) is 48.6 Å². The normalized spacial score (nSPS) is 18.9. The van der Waals surface area contributed by atoms with Gasteiger partial charge < -0.3 is 9.64 Å². The highest BCUT2D eigenvalue weighted by Gasteiger charge is 2.28. The fraction of sp³-hybridized carbons (Fsp3) is 0.600. The van der Waals surface area contributed by atoms with Crippen molar-refractivity contribution < 1.29 is 14.3 Å². The number of esters is 1. The summed E-state index contributed by atoms with van der Waals surface area (Å²) >= 11 is 1.65. The average molecular weight is 295 g/mol. The van der Waals surface area contributed by atoms with Gasteiger partial charge in [0.05, 0.1) is 12.5 Å². The summed E-state index contributed by atoms with van der Waals surface area (Å²) in [5.41, 5.74) is 1.21. The fourth-order valence-electron chi connectivity index (χ4n) is 2.50. The Morgan fingerprint density at radius 3 is 3.05 bits per heavy atom. The van der Waals surface area contributed by atoms with Crippen LogP contribution in [-0.2, 0) is 20.7 Å². The topological polar surface area (TPSA) is 46.6 Å². The quantitative estimate of drug-likeness (QED) is 0.784. The van der Waals surface area contributed by atoms with Crippen molar-refractivity contribution >= 4 is 23.2 Å². The minimum absolute atomic E-state index is 0.144. The van der Waals surface area contributed by atoms with Crippen LogP contribution < -0.4 is 0 Å². The molecule has 2 rings (SSSR count). The first-order valence-electron chi connectivity index (χ1n) is 7.16. The van der Waals surface area contributed by atoms with Crippen LogP contribution >= 0.6 is 11.3 Å². The highest BCUT2D eigenvalue weighted by atomic mass is 32.1. The number of likely N-dealkylation sites (tertiary alicyclic amines) is 1. The lowest BCUT2D eigenvalue weighted by Crippen LogP contribution is -2.42. The molecule has 0 aliphatic carbocycles. The molecule has 4 nitrogen and oxygen atoms in total. The lowest BCUT2D eigenvalue weighted by Gasteiger charge is -2.31. The lowest BCUT2D eigenvalue weighted by atomic mass is 9.97. The number of nitrogens with zero attached hydrogens (tertiary/aromatic N) is 1. The van der Waals surface area contributed by atoms with Gasteiger partial charge >= 0.3 is 5.97 Å². The Bertz CT molecular complexity index is 444. The van der Waals surface area contributed by atoms with Gasteiger partial charge in [0.2, 0.25) is 5.91 Å². The first-order valence-corrected chi connectivity index (χ1v) is 8.10. The Morgan fingerprint density at radius 2 is 2.35 bits per heavy atom. The standard InChI is InChI=1S/C15H21NO3S/c1-2-19-15(18)13-4-3-8-16(10-13)14(17)6-5-12-7-9-20-11-12/h7,9,11,13H,2-6,8,10H2,1H3. The molecule has 1 aromatic heterocycles. The fourth-order valence-corrected chi connectivity index (χ4v) is 3.20. The predicted octanol–water partition coefficient (Wildman–Crippen LogP) is 2.48. The molecular formula is C15H21NO3S. The van der Waals surface area contributed by atoms with E-state index < -0.39 is 0 Å². The van der Waals surface area contributed by atoms with Crippen LogP contribution in [0.2, 0.25) is 0 Å². The molecule has 0 bridgehead atoms. The van der Waals surface area contributed by atoms with E-state index in [2.05, 4.69) is 11.4 Å². The van der Waals surface area contributed by atoms with Crippen LogP contribution in [0.15, 0.2) is 16.8 Å². The van der Waals surface area contributed by atoms with E-state index in [1.165, 1.54) is 5.56 Å². The highest BCUT2D eigenvalue weighted by molar-refractivity contribution is 7.07. The zero-order valence-electron chi connectivity index (χ0n) is 11.8. The summed E-state index contributed by atoms with van der Waals surface area (Å²) in [6, 6.07) is 2.05. The molecule has 1 unspecified atom stereocenters. The molecule has 0 radical (unpaired) electrons. The van der Waals surface area contributed by atoms with Crippen molar-refractivity contribution in [1.82, 2.24) is 4.90 Å². The third-order valence-corrected chi connectivity index (χ3v) is 4.33. The molecule has 1 aliphatic rings. The van der Waals surface area contributed by atoms with Crippen molar-refractivity contribution in [2.75, 3.05) is 19.7 Å². The van der Waals surface area contributed by atoms with E-state index in [-0.39, 0.29) is 17.8 Å². The SMILES string of the molecule is CCOC(=O)C1CCCN(C(=O)CCc2ccsc2)C1. The summed E-state index contributed by atoms with van der Waals surface area (Å²) in [5, 5.41) is 4.10. The van der Waals surface area contributed by atoms with Gasteiger partial charge in [-0.25, -0.2) is 0 Å². The number of carbonyl (C=O) groups is 2. The van der Waals surface area contributed by atoms with Crippen molar-refractivity contribution in [3.8, 4) is 0 Å². The van der Waals surface area contributed by atoms with Crippen LogP contribution in [0.1, 0.15) is 31.7 Å². The van der Waals surface area contributed by atoms with Gasteiger partial charge in [0.1, 0.15) is 0 Å². The summed E-state index contributed by atoms with van der Waals surface area (Å²) in [5.74, 6) is -0.165. The third kappa shape index (κ3) is 4.07. The van der Waals surface area contributed by atoms with Crippen LogP contribution in [0.3, 0.4) is 0 Å². The number of piperidine rings is 1. The number of aryl methyl sites for hydroxylation is 1. The summed E-state index contributed by atoms with van der Waals surface area (Å²) in [4.78, 5) is 25.8. The molecule has 0 aromatic carbocycles. The number of thiophene rings is 1. The van der Waals surface area contributed by atoms with Crippen molar-refractivity contribution in [1.29, 1.82) is 0 Å². The molecule has 0 N–H and O–H groups in total. The van der Waals surface area contributed by atoms with Crippen molar-refractivity contribution in [2.45, 2.75) is 32.6 Å². The van der Waals surface area contributed by atoms with E-state index in [4.69, 9.17) is 4.74 Å². The van der Waals surface area contributed by atoms with E-state index in [0.29, 0.717) is 19.6 Å². The Hall–Kier alpha value is -1.36. The first-order chi connectivity index (χ1) is 9.70. The molecule has 1 fully saturated rings. The molecule has 1 atom stereocenters. The maximum absolute atomic E-state index is 12.2. The van der Waals surface area contributed by atoms with Gasteiger partial charge in [-0.2, -0.15) is 11.3 Å². The smallest absolute Gasteiger partial charge is 0.310 e. The molecule has 0 saturated carbocycles. The van der Waals surface area contributed by atoms with E-state index in [0.717, 1.165) is 25.8 Å². The zero-order valence-corrected chi connectivity index (χ0v) is 12.7. The molecule has 0 spiro atoms. The van der Waals surface area contributed by atoms with E-state index >= 15 is 0 Å². The number of ether oxygens (including phenoxy) is 1. The van der Waals surface area contributed by atoms with Gasteiger partial charge in [-0.15, -0.1) is 0 Å². The lowest BCUT2D eigenvalue weighted by molar-refractivity contribution is -0.151. The Labute approximate surface area is 123 Å². The second-order valence-electron chi connectivity index (χ2n) is 5.06. The zero-order chi connectivity index (χ0) is 14.4. The van der Waals surface area contributed by atoms with E-state index in [1.54, 1.807) is 11.3 Å². The molecule has 110 valence electrons. The number of amides is 1. The summed E-state index contributed by atoms with van der Waals surface area (Å²) in [6.45, 7) is 3.49. The van der Waals surface area contributed by atoms with Crippen molar-refractivity contribution in [2.24, 2.45) is 5.92 Å². The molecule has 2 heterocycles. The van der Waals surface area contributed by atoms with Gasteiger partial charge in [0.25, 0.3) is 0 Å². The average Bonchev–Trinajstić information content (AvgIpc) is 2.98. The van der Waals surface area contributed by atoms with Gasteiger partial charge in [0, 0.05) is 19.5 Å². The maximum atomic E-state index is 12.2. The number of rotatable bonds is 5. The van der Waals surface area contributed by atoms with Crippen LogP contribution in [0.4, 0.5) is 0 Å². The Balaban J connectivity index is 1.81. The highest BCUT2D eigenvalue weighted by Crippen LogP contribution is 2.19. The number of carbonyl (C=O) groups excluding carboxylic acids is 2. The monoisotopic (exact) mass is 295 g/mol. The predicted molar refractivity (Wildman–Crippen MR) is 78.6 cm³/mol. The van der Waals surface area contributed by atoms with Crippen LogP contribution in [0.5, 0.6) is 0 Å². The first kappa shape index (κ1) is 15.0. The van der Waals surface area contributed by atoms with Crippen LogP contribution in [0, 0.1) is 5.92 Å². The third-order valence-electron chi connectivity index (χ3n) is 3.60. The number of hydrogen-bond acceptors (Lipinski definition) is 4. The second kappa shape index (κ2) is 7.43.